The third-order valence-corrected chi connectivity index (χ3v) is 6.85. The summed E-state index contributed by atoms with van der Waals surface area (Å²) < 4.78 is 17.1. The van der Waals surface area contributed by atoms with Crippen LogP contribution in [0.3, 0.4) is 0 Å². The van der Waals surface area contributed by atoms with Crippen LogP contribution in [0.15, 0.2) is 76.6 Å². The molecule has 0 N–H and O–H groups in total. The first-order chi connectivity index (χ1) is 14.3. The molecule has 146 valence electrons. The summed E-state index contributed by atoms with van der Waals surface area (Å²) in [6.07, 6.45) is 0. The van der Waals surface area contributed by atoms with Crippen molar-refractivity contribution in [1.82, 2.24) is 0 Å². The van der Waals surface area contributed by atoms with Gasteiger partial charge in [-0.15, -0.1) is 11.8 Å². The van der Waals surface area contributed by atoms with Crippen molar-refractivity contribution >= 4 is 23.2 Å². The Kier molecular flexibility index (Phi) is 4.68. The van der Waals surface area contributed by atoms with Crippen LogP contribution in [-0.4, -0.2) is 26.5 Å². The maximum atomic E-state index is 6.15. The molecule has 0 aromatic heterocycles. The Balaban J connectivity index is 1.67. The summed E-state index contributed by atoms with van der Waals surface area (Å²) in [5, 5.41) is 0.144. The van der Waals surface area contributed by atoms with Gasteiger partial charge in [0.05, 0.1) is 38.1 Å². The zero-order chi connectivity index (χ0) is 19.8. The number of hydrogen-bond donors (Lipinski definition) is 0. The van der Waals surface area contributed by atoms with Crippen molar-refractivity contribution in [2.24, 2.45) is 10.9 Å². The molecule has 2 aliphatic heterocycles. The van der Waals surface area contributed by atoms with Crippen molar-refractivity contribution in [3.63, 3.8) is 0 Å². The van der Waals surface area contributed by atoms with Crippen molar-refractivity contribution in [2.45, 2.75) is 10.1 Å². The molecule has 5 heteroatoms. The maximum absolute atomic E-state index is 6.15. The average Bonchev–Trinajstić information content (AvgIpc) is 2.95. The lowest BCUT2D eigenvalue weighted by atomic mass is 9.88. The molecule has 3 aromatic rings. The minimum absolute atomic E-state index is 0.125. The van der Waals surface area contributed by atoms with E-state index in [1.54, 1.807) is 14.2 Å². The van der Waals surface area contributed by atoms with Crippen LogP contribution in [0.1, 0.15) is 16.4 Å². The zero-order valence-corrected chi connectivity index (χ0v) is 17.1. The molecule has 2 atom stereocenters. The van der Waals surface area contributed by atoms with Crippen LogP contribution in [0.5, 0.6) is 17.2 Å². The van der Waals surface area contributed by atoms with Gasteiger partial charge in [-0.2, -0.15) is 0 Å². The Labute approximate surface area is 174 Å². The van der Waals surface area contributed by atoms with Gasteiger partial charge in [-0.1, -0.05) is 30.3 Å². The quantitative estimate of drug-likeness (QED) is 0.564. The number of fused-ring (bicyclic) bond motifs is 4. The topological polar surface area (TPSA) is 40.0 Å². The first-order valence-electron chi connectivity index (χ1n) is 9.57. The molecule has 0 fully saturated rings. The summed E-state index contributed by atoms with van der Waals surface area (Å²) in [5.74, 6) is 2.49. The normalized spacial score (nSPS) is 19.6. The van der Waals surface area contributed by atoms with Crippen molar-refractivity contribution in [1.29, 1.82) is 0 Å². The molecule has 4 nitrogen and oxygen atoms in total. The van der Waals surface area contributed by atoms with E-state index in [0.29, 0.717) is 6.61 Å². The van der Waals surface area contributed by atoms with Crippen LogP contribution in [0.4, 0.5) is 5.69 Å². The molecule has 0 amide bonds. The molecule has 0 saturated heterocycles. The van der Waals surface area contributed by atoms with Gasteiger partial charge in [-0.25, -0.2) is 0 Å². The van der Waals surface area contributed by atoms with E-state index in [2.05, 4.69) is 36.4 Å². The van der Waals surface area contributed by atoms with Crippen LogP contribution >= 0.6 is 11.8 Å². The van der Waals surface area contributed by atoms with Crippen molar-refractivity contribution in [3.05, 3.63) is 77.9 Å². The minimum atomic E-state index is 0.125. The van der Waals surface area contributed by atoms with Crippen LogP contribution in [0.2, 0.25) is 0 Å². The van der Waals surface area contributed by atoms with Gasteiger partial charge in [-0.3, -0.25) is 4.99 Å². The van der Waals surface area contributed by atoms with E-state index in [4.69, 9.17) is 19.2 Å². The fourth-order valence-electron chi connectivity index (χ4n) is 3.96. The van der Waals surface area contributed by atoms with Gasteiger partial charge in [0.25, 0.3) is 0 Å². The Bertz CT molecular complexity index is 1090. The van der Waals surface area contributed by atoms with E-state index >= 15 is 0 Å². The predicted molar refractivity (Wildman–Crippen MR) is 116 cm³/mol. The first-order valence-corrected chi connectivity index (χ1v) is 10.4. The van der Waals surface area contributed by atoms with Crippen LogP contribution < -0.4 is 14.2 Å². The molecule has 0 unspecified atom stereocenters. The predicted octanol–water partition coefficient (Wildman–Crippen LogP) is 5.68. The number of para-hydroxylation sites is 2. The van der Waals surface area contributed by atoms with E-state index < -0.39 is 0 Å². The molecular formula is C24H21NO3S. The highest BCUT2D eigenvalue weighted by Gasteiger charge is 2.37. The van der Waals surface area contributed by atoms with Crippen molar-refractivity contribution < 1.29 is 14.2 Å². The number of hydrogen-bond acceptors (Lipinski definition) is 5. The number of methoxy groups -OCH3 is 2. The van der Waals surface area contributed by atoms with Crippen LogP contribution in [-0.2, 0) is 0 Å². The zero-order valence-electron chi connectivity index (χ0n) is 16.3. The monoisotopic (exact) mass is 403 g/mol. The molecule has 0 bridgehead atoms. The highest BCUT2D eigenvalue weighted by Crippen LogP contribution is 2.51. The summed E-state index contributed by atoms with van der Waals surface area (Å²) >= 11 is 1.83. The molecule has 0 radical (unpaired) electrons. The second-order valence-electron chi connectivity index (χ2n) is 7.03. The smallest absolute Gasteiger partial charge is 0.161 e. The summed E-state index contributed by atoms with van der Waals surface area (Å²) in [6.45, 7) is 0.593. The minimum Gasteiger partial charge on any atom is -0.493 e. The number of rotatable bonds is 3. The summed E-state index contributed by atoms with van der Waals surface area (Å²) in [6, 6.07) is 22.7. The van der Waals surface area contributed by atoms with Crippen molar-refractivity contribution in [2.75, 3.05) is 20.8 Å². The molecule has 5 rings (SSSR count). The lowest BCUT2D eigenvalue weighted by Gasteiger charge is -2.31. The Morgan fingerprint density at radius 1 is 0.931 bits per heavy atom. The molecule has 0 aliphatic carbocycles. The number of ether oxygens (including phenoxy) is 3. The SMILES string of the molecule is COc1ccc([C@H]2Sc3ccccc3N=C3c4ccccc4OC[C@H]32)cc1OC. The Morgan fingerprint density at radius 2 is 1.72 bits per heavy atom. The molecule has 29 heavy (non-hydrogen) atoms. The van der Waals surface area contributed by atoms with E-state index in [0.717, 1.165) is 34.2 Å². The molecule has 0 saturated carbocycles. The summed E-state index contributed by atoms with van der Waals surface area (Å²) in [7, 11) is 3.33. The molecule has 0 spiro atoms. The average molecular weight is 404 g/mol. The van der Waals surface area contributed by atoms with Gasteiger partial charge >= 0.3 is 0 Å². The fourth-order valence-corrected chi connectivity index (χ4v) is 5.28. The van der Waals surface area contributed by atoms with Gasteiger partial charge < -0.3 is 14.2 Å². The van der Waals surface area contributed by atoms with Gasteiger partial charge in [0.1, 0.15) is 5.75 Å². The van der Waals surface area contributed by atoms with Crippen molar-refractivity contribution in [3.8, 4) is 17.2 Å². The first kappa shape index (κ1) is 18.1. The largest absolute Gasteiger partial charge is 0.493 e. The Hall–Kier alpha value is -2.92. The lowest BCUT2D eigenvalue weighted by molar-refractivity contribution is 0.271. The number of aliphatic imine (C=N–C) groups is 1. The van der Waals surface area contributed by atoms with E-state index in [1.165, 1.54) is 10.5 Å². The Morgan fingerprint density at radius 3 is 2.59 bits per heavy atom. The van der Waals surface area contributed by atoms with Crippen LogP contribution in [0, 0.1) is 5.92 Å². The lowest BCUT2D eigenvalue weighted by Crippen LogP contribution is -2.31. The number of nitrogens with zero attached hydrogens (tertiary/aromatic N) is 1. The summed E-state index contributed by atoms with van der Waals surface area (Å²) in [5.41, 5.74) is 4.35. The van der Waals surface area contributed by atoms with Gasteiger partial charge in [-0.05, 0) is 42.0 Å². The molecule has 2 aliphatic rings. The van der Waals surface area contributed by atoms with Crippen LogP contribution in [0.25, 0.3) is 0 Å². The third-order valence-electron chi connectivity index (χ3n) is 5.39. The highest BCUT2D eigenvalue weighted by atomic mass is 32.2. The molecular weight excluding hydrogens is 382 g/mol. The fraction of sp³-hybridized carbons (Fsp3) is 0.208. The summed E-state index contributed by atoms with van der Waals surface area (Å²) in [4.78, 5) is 6.29. The number of thioether (sulfide) groups is 1. The van der Waals surface area contributed by atoms with E-state index in [1.807, 2.05) is 42.1 Å². The second-order valence-corrected chi connectivity index (χ2v) is 8.21. The second kappa shape index (κ2) is 7.48. The molecule has 3 aromatic carbocycles. The maximum Gasteiger partial charge on any atom is 0.161 e. The van der Waals surface area contributed by atoms with Gasteiger partial charge in [0.2, 0.25) is 0 Å². The molecule has 2 heterocycles. The van der Waals surface area contributed by atoms with E-state index in [9.17, 15) is 0 Å². The number of benzene rings is 3. The third kappa shape index (κ3) is 3.15. The van der Waals surface area contributed by atoms with E-state index in [-0.39, 0.29) is 11.2 Å². The van der Waals surface area contributed by atoms with Gasteiger partial charge in [0, 0.05) is 15.7 Å². The van der Waals surface area contributed by atoms with Gasteiger partial charge in [0.15, 0.2) is 11.5 Å². The standard InChI is InChI=1S/C24H21NO3S/c1-26-20-12-11-15(13-21(20)27-2)24-17-14-28-19-9-5-3-7-16(19)23(17)25-18-8-4-6-10-22(18)29-24/h3-13,17,24H,14H2,1-2H3/t17-,24-/m1/s1. The highest BCUT2D eigenvalue weighted by molar-refractivity contribution is 7.99.